The van der Waals surface area contributed by atoms with E-state index >= 15 is 0 Å². The second kappa shape index (κ2) is 5.94. The van der Waals surface area contributed by atoms with Gasteiger partial charge in [-0.25, -0.2) is 0 Å². The zero-order chi connectivity index (χ0) is 13.8. The Labute approximate surface area is 107 Å². The molecule has 4 nitrogen and oxygen atoms in total. The predicted octanol–water partition coefficient (Wildman–Crippen LogP) is 1.93. The summed E-state index contributed by atoms with van der Waals surface area (Å²) in [7, 11) is 1.33. The van der Waals surface area contributed by atoms with Gasteiger partial charge < -0.3 is 14.3 Å². The molecule has 0 fully saturated rings. The van der Waals surface area contributed by atoms with E-state index < -0.39 is 11.3 Å². The van der Waals surface area contributed by atoms with Crippen LogP contribution in [0.5, 0.6) is 0 Å². The molecule has 0 aliphatic heterocycles. The van der Waals surface area contributed by atoms with E-state index in [2.05, 4.69) is 0 Å². The van der Waals surface area contributed by atoms with Crippen LogP contribution in [0.4, 0.5) is 0 Å². The van der Waals surface area contributed by atoms with Gasteiger partial charge in [-0.2, -0.15) is 0 Å². The highest BCUT2D eigenvalue weighted by molar-refractivity contribution is 5.80. The van der Waals surface area contributed by atoms with E-state index in [4.69, 9.17) is 4.74 Å². The van der Waals surface area contributed by atoms with Crippen LogP contribution in [0.25, 0.3) is 0 Å². The summed E-state index contributed by atoms with van der Waals surface area (Å²) < 4.78 is 4.76. The maximum atomic E-state index is 11.7. The Morgan fingerprint density at radius 1 is 1.50 bits per heavy atom. The standard InChI is InChI=1S/C14H20O4/c1-10(16)7-8-11-5-4-6-12(13(17)18-3)14(11,2)9-15/h4-5,9,11-12H,6-8H2,1-3H3/t11-,12-,14+/m0/s1. The number of hydrogen-bond acceptors (Lipinski definition) is 4. The van der Waals surface area contributed by atoms with Gasteiger partial charge in [0.1, 0.15) is 12.1 Å². The lowest BCUT2D eigenvalue weighted by molar-refractivity contribution is -0.154. The van der Waals surface area contributed by atoms with Gasteiger partial charge in [0.25, 0.3) is 0 Å². The van der Waals surface area contributed by atoms with Crippen LogP contribution in [0.1, 0.15) is 33.1 Å². The Morgan fingerprint density at radius 3 is 2.67 bits per heavy atom. The molecule has 0 saturated carbocycles. The predicted molar refractivity (Wildman–Crippen MR) is 66.8 cm³/mol. The number of carbonyl (C=O) groups excluding carboxylic acids is 3. The molecule has 0 aromatic carbocycles. The number of hydrogen-bond donors (Lipinski definition) is 0. The van der Waals surface area contributed by atoms with Crippen LogP contribution in [0.15, 0.2) is 12.2 Å². The van der Waals surface area contributed by atoms with E-state index in [0.29, 0.717) is 19.3 Å². The summed E-state index contributed by atoms with van der Waals surface area (Å²) in [4.78, 5) is 34.2. The van der Waals surface area contributed by atoms with Crippen LogP contribution in [-0.2, 0) is 19.1 Å². The SMILES string of the molecule is COC(=O)[C@@H]1CC=C[C@@H](CCC(C)=O)[C@@]1(C)C=O. The Bertz CT molecular complexity index is 372. The second-order valence-electron chi connectivity index (χ2n) is 5.07. The van der Waals surface area contributed by atoms with Gasteiger partial charge in [-0.05, 0) is 25.7 Å². The van der Waals surface area contributed by atoms with Crippen LogP contribution in [0.3, 0.4) is 0 Å². The molecule has 0 bridgehead atoms. The van der Waals surface area contributed by atoms with Crippen molar-refractivity contribution in [1.29, 1.82) is 0 Å². The third-order valence-electron chi connectivity index (χ3n) is 3.84. The van der Waals surface area contributed by atoms with E-state index in [1.807, 2.05) is 12.2 Å². The summed E-state index contributed by atoms with van der Waals surface area (Å²) in [5.74, 6) is -0.808. The monoisotopic (exact) mass is 252 g/mol. The maximum Gasteiger partial charge on any atom is 0.309 e. The molecule has 0 saturated heterocycles. The summed E-state index contributed by atoms with van der Waals surface area (Å²) in [5.41, 5.74) is -0.780. The molecule has 0 aromatic rings. The summed E-state index contributed by atoms with van der Waals surface area (Å²) in [6.45, 7) is 3.30. The fourth-order valence-corrected chi connectivity index (χ4v) is 2.53. The number of Topliss-reactive ketones (excluding diaryl/α,β-unsaturated/α-hetero) is 1. The lowest BCUT2D eigenvalue weighted by Crippen LogP contribution is -2.43. The van der Waals surface area contributed by atoms with Crippen molar-refractivity contribution in [3.05, 3.63) is 12.2 Å². The third kappa shape index (κ3) is 2.86. The van der Waals surface area contributed by atoms with Gasteiger partial charge in [0.2, 0.25) is 0 Å². The molecule has 100 valence electrons. The minimum atomic E-state index is -0.780. The molecule has 1 aliphatic carbocycles. The van der Waals surface area contributed by atoms with Crippen molar-refractivity contribution in [2.75, 3.05) is 7.11 Å². The molecule has 0 amide bonds. The Balaban J connectivity index is 2.93. The summed E-state index contributed by atoms with van der Waals surface area (Å²) in [6.07, 6.45) is 6.21. The van der Waals surface area contributed by atoms with Crippen molar-refractivity contribution in [3.8, 4) is 0 Å². The average Bonchev–Trinajstić information content (AvgIpc) is 2.36. The average molecular weight is 252 g/mol. The fraction of sp³-hybridized carbons (Fsp3) is 0.643. The third-order valence-corrected chi connectivity index (χ3v) is 3.84. The first kappa shape index (κ1) is 14.6. The smallest absolute Gasteiger partial charge is 0.309 e. The summed E-state index contributed by atoms with van der Waals surface area (Å²) in [6, 6.07) is 0. The molecule has 0 aromatic heterocycles. The molecule has 3 atom stereocenters. The van der Waals surface area contributed by atoms with Crippen molar-refractivity contribution in [3.63, 3.8) is 0 Å². The van der Waals surface area contributed by atoms with E-state index in [9.17, 15) is 14.4 Å². The van der Waals surface area contributed by atoms with Crippen LogP contribution in [0.2, 0.25) is 0 Å². The van der Waals surface area contributed by atoms with Gasteiger partial charge in [0.15, 0.2) is 0 Å². The second-order valence-corrected chi connectivity index (χ2v) is 5.07. The van der Waals surface area contributed by atoms with Crippen molar-refractivity contribution >= 4 is 18.0 Å². The lowest BCUT2D eigenvalue weighted by Gasteiger charge is -2.39. The first-order valence-electron chi connectivity index (χ1n) is 6.16. The quantitative estimate of drug-likeness (QED) is 0.426. The minimum Gasteiger partial charge on any atom is -0.469 e. The van der Waals surface area contributed by atoms with Crippen LogP contribution in [0, 0.1) is 17.3 Å². The van der Waals surface area contributed by atoms with Crippen LogP contribution < -0.4 is 0 Å². The van der Waals surface area contributed by atoms with Crippen molar-refractivity contribution < 1.29 is 19.1 Å². The number of aldehydes is 1. The Hall–Kier alpha value is -1.45. The molecule has 4 heteroatoms. The number of methoxy groups -OCH3 is 1. The first-order valence-corrected chi connectivity index (χ1v) is 6.16. The van der Waals surface area contributed by atoms with Gasteiger partial charge in [-0.3, -0.25) is 4.79 Å². The molecule has 0 radical (unpaired) electrons. The molecule has 18 heavy (non-hydrogen) atoms. The number of ketones is 1. The topological polar surface area (TPSA) is 60.4 Å². The number of rotatable bonds is 5. The molecule has 1 aliphatic rings. The van der Waals surface area contributed by atoms with Crippen LogP contribution >= 0.6 is 0 Å². The zero-order valence-electron chi connectivity index (χ0n) is 11.1. The number of allylic oxidation sites excluding steroid dienone is 2. The minimum absolute atomic E-state index is 0.0863. The van der Waals surface area contributed by atoms with Gasteiger partial charge in [-0.15, -0.1) is 0 Å². The first-order chi connectivity index (χ1) is 8.45. The normalized spacial score (nSPS) is 30.8. The molecule has 1 rings (SSSR count). The van der Waals surface area contributed by atoms with Crippen LogP contribution in [-0.4, -0.2) is 25.1 Å². The van der Waals surface area contributed by atoms with Gasteiger partial charge in [0.05, 0.1) is 13.0 Å². The van der Waals surface area contributed by atoms with E-state index in [1.165, 1.54) is 14.0 Å². The van der Waals surface area contributed by atoms with Crippen molar-refractivity contribution in [1.82, 2.24) is 0 Å². The van der Waals surface area contributed by atoms with E-state index in [1.54, 1.807) is 6.92 Å². The maximum absolute atomic E-state index is 11.7. The van der Waals surface area contributed by atoms with E-state index in [-0.39, 0.29) is 17.7 Å². The number of ether oxygens (including phenoxy) is 1. The highest BCUT2D eigenvalue weighted by Crippen LogP contribution is 2.43. The zero-order valence-corrected chi connectivity index (χ0v) is 11.1. The summed E-state index contributed by atoms with van der Waals surface area (Å²) >= 11 is 0. The molecular formula is C14H20O4. The highest BCUT2D eigenvalue weighted by Gasteiger charge is 2.45. The van der Waals surface area contributed by atoms with Gasteiger partial charge in [0, 0.05) is 11.8 Å². The molecule has 0 spiro atoms. The van der Waals surface area contributed by atoms with Crippen molar-refractivity contribution in [2.24, 2.45) is 17.3 Å². The Morgan fingerprint density at radius 2 is 2.17 bits per heavy atom. The Kier molecular flexibility index (Phi) is 4.82. The number of esters is 1. The van der Waals surface area contributed by atoms with Gasteiger partial charge in [-0.1, -0.05) is 19.1 Å². The largest absolute Gasteiger partial charge is 0.469 e. The van der Waals surface area contributed by atoms with Gasteiger partial charge >= 0.3 is 5.97 Å². The highest BCUT2D eigenvalue weighted by atomic mass is 16.5. The van der Waals surface area contributed by atoms with E-state index in [0.717, 1.165) is 6.29 Å². The number of carbonyl (C=O) groups is 3. The molecule has 0 unspecified atom stereocenters. The van der Waals surface area contributed by atoms with Crippen molar-refractivity contribution in [2.45, 2.75) is 33.1 Å². The molecular weight excluding hydrogens is 232 g/mol. The fourth-order valence-electron chi connectivity index (χ4n) is 2.53. The molecule has 0 N–H and O–H groups in total. The lowest BCUT2D eigenvalue weighted by atomic mass is 9.63. The molecule has 0 heterocycles. The summed E-state index contributed by atoms with van der Waals surface area (Å²) in [5, 5.41) is 0.